The molecule has 1 unspecified atom stereocenters. The molecule has 0 spiro atoms. The van der Waals surface area contributed by atoms with E-state index in [2.05, 4.69) is 35.3 Å². The van der Waals surface area contributed by atoms with Gasteiger partial charge in [0.1, 0.15) is 4.34 Å². The van der Waals surface area contributed by atoms with Crippen LogP contribution in [0.15, 0.2) is 30.3 Å². The highest BCUT2D eigenvalue weighted by atomic mass is 35.5. The number of benzene rings is 1. The highest BCUT2D eigenvalue weighted by Crippen LogP contribution is 2.31. The highest BCUT2D eigenvalue weighted by molar-refractivity contribution is 7.20. The van der Waals surface area contributed by atoms with Crippen LogP contribution >= 0.6 is 34.5 Å². The molecule has 1 amide bonds. The molecule has 134 valence electrons. The smallest absolute Gasteiger partial charge is 0.253 e. The van der Waals surface area contributed by atoms with E-state index in [1.54, 1.807) is 6.07 Å². The first-order valence-electron chi connectivity index (χ1n) is 8.58. The maximum absolute atomic E-state index is 12.3. The Bertz CT molecular complexity index is 747. The molecule has 1 saturated heterocycles. The fourth-order valence-corrected chi connectivity index (χ4v) is 4.72. The maximum atomic E-state index is 12.3. The number of hydrogen-bond acceptors (Lipinski definition) is 3. The van der Waals surface area contributed by atoms with Crippen LogP contribution in [0.4, 0.5) is 0 Å². The third-order valence-electron chi connectivity index (χ3n) is 4.77. The minimum Gasteiger partial charge on any atom is -0.348 e. The number of thiophene rings is 1. The Morgan fingerprint density at radius 1 is 1.28 bits per heavy atom. The summed E-state index contributed by atoms with van der Waals surface area (Å²) in [5.41, 5.74) is 2.86. The molecule has 6 heteroatoms. The number of likely N-dealkylation sites (tertiary alicyclic amines) is 1. The van der Waals surface area contributed by atoms with Gasteiger partial charge in [-0.25, -0.2) is 0 Å². The van der Waals surface area contributed by atoms with E-state index in [9.17, 15) is 4.79 Å². The van der Waals surface area contributed by atoms with Crippen molar-refractivity contribution in [3.8, 4) is 0 Å². The molecule has 1 atom stereocenters. The number of rotatable bonds is 5. The van der Waals surface area contributed by atoms with Gasteiger partial charge in [0.15, 0.2) is 0 Å². The molecule has 1 aromatic heterocycles. The second-order valence-electron chi connectivity index (χ2n) is 6.50. The first kappa shape index (κ1) is 18.7. The van der Waals surface area contributed by atoms with Gasteiger partial charge >= 0.3 is 0 Å². The van der Waals surface area contributed by atoms with Crippen molar-refractivity contribution < 1.29 is 4.79 Å². The predicted octanol–water partition coefficient (Wildman–Crippen LogP) is 5.36. The van der Waals surface area contributed by atoms with Gasteiger partial charge in [-0.2, -0.15) is 0 Å². The number of carbonyl (C=O) groups excluding carboxylic acids is 1. The maximum Gasteiger partial charge on any atom is 0.253 e. The van der Waals surface area contributed by atoms with Crippen molar-refractivity contribution in [1.82, 2.24) is 10.2 Å². The van der Waals surface area contributed by atoms with Crippen molar-refractivity contribution in [2.75, 3.05) is 6.54 Å². The topological polar surface area (TPSA) is 32.3 Å². The Morgan fingerprint density at radius 2 is 2.04 bits per heavy atom. The van der Waals surface area contributed by atoms with Gasteiger partial charge in [-0.15, -0.1) is 11.3 Å². The van der Waals surface area contributed by atoms with E-state index in [1.165, 1.54) is 36.2 Å². The first-order chi connectivity index (χ1) is 12.0. The van der Waals surface area contributed by atoms with Crippen LogP contribution in [0, 0.1) is 0 Å². The third kappa shape index (κ3) is 4.76. The first-order valence-corrected chi connectivity index (χ1v) is 10.2. The Kier molecular flexibility index (Phi) is 6.39. The summed E-state index contributed by atoms with van der Waals surface area (Å²) in [4.78, 5) is 14.9. The number of carbonyl (C=O) groups is 1. The molecule has 1 N–H and O–H groups in total. The molecule has 3 nitrogen and oxygen atoms in total. The summed E-state index contributed by atoms with van der Waals surface area (Å²) in [6.45, 7) is 4.86. The number of hydrogen-bond donors (Lipinski definition) is 1. The summed E-state index contributed by atoms with van der Waals surface area (Å²) in [7, 11) is 0. The standard InChI is InChI=1S/C19H22Cl2N2OS/c1-13-6-4-5-9-23(13)12-15-8-3-2-7-14(15)11-22-19(24)16-10-17(20)25-18(16)21/h2-3,7-8,10,13H,4-6,9,11-12H2,1H3,(H,22,24). The summed E-state index contributed by atoms with van der Waals surface area (Å²) in [6.07, 6.45) is 3.84. The average Bonchev–Trinajstić information content (AvgIpc) is 2.94. The molecule has 0 aliphatic carbocycles. The quantitative estimate of drug-likeness (QED) is 0.737. The summed E-state index contributed by atoms with van der Waals surface area (Å²) < 4.78 is 0.951. The van der Waals surface area contributed by atoms with Gasteiger partial charge in [0.05, 0.1) is 9.90 Å². The zero-order chi connectivity index (χ0) is 17.8. The van der Waals surface area contributed by atoms with E-state index >= 15 is 0 Å². The van der Waals surface area contributed by atoms with Crippen LogP contribution in [-0.2, 0) is 13.1 Å². The molecule has 2 aromatic rings. The van der Waals surface area contributed by atoms with E-state index in [-0.39, 0.29) is 5.91 Å². The second kappa shape index (κ2) is 8.54. The fourth-order valence-electron chi connectivity index (χ4n) is 3.26. The Labute approximate surface area is 162 Å². The monoisotopic (exact) mass is 396 g/mol. The Hall–Kier alpha value is -1.07. The zero-order valence-electron chi connectivity index (χ0n) is 14.2. The fraction of sp³-hybridized carbons (Fsp3) is 0.421. The van der Waals surface area contributed by atoms with E-state index in [0.29, 0.717) is 26.8 Å². The van der Waals surface area contributed by atoms with Crippen LogP contribution < -0.4 is 5.32 Å². The van der Waals surface area contributed by atoms with Gasteiger partial charge in [-0.05, 0) is 43.5 Å². The van der Waals surface area contributed by atoms with Gasteiger partial charge in [0.2, 0.25) is 0 Å². The van der Waals surface area contributed by atoms with Gasteiger partial charge in [0, 0.05) is 19.1 Å². The SMILES string of the molecule is CC1CCCCN1Cc1ccccc1CNC(=O)c1cc(Cl)sc1Cl. The highest BCUT2D eigenvalue weighted by Gasteiger charge is 2.19. The van der Waals surface area contributed by atoms with Crippen LogP contribution in [0.1, 0.15) is 47.7 Å². The summed E-state index contributed by atoms with van der Waals surface area (Å²) in [6, 6.07) is 10.5. The lowest BCUT2D eigenvalue weighted by atomic mass is 10.0. The third-order valence-corrected chi connectivity index (χ3v) is 6.26. The van der Waals surface area contributed by atoms with Crippen LogP contribution in [0.2, 0.25) is 8.67 Å². The van der Waals surface area contributed by atoms with Gasteiger partial charge < -0.3 is 5.32 Å². The molecule has 2 heterocycles. The molecule has 0 radical (unpaired) electrons. The molecule has 3 rings (SSSR count). The lowest BCUT2D eigenvalue weighted by Crippen LogP contribution is -2.37. The van der Waals surface area contributed by atoms with Gasteiger partial charge in [0.25, 0.3) is 5.91 Å². The van der Waals surface area contributed by atoms with Gasteiger partial charge in [-0.3, -0.25) is 9.69 Å². The van der Waals surface area contributed by atoms with E-state index < -0.39 is 0 Å². The largest absolute Gasteiger partial charge is 0.348 e. The van der Waals surface area contributed by atoms with Crippen molar-refractivity contribution in [1.29, 1.82) is 0 Å². The number of nitrogens with zero attached hydrogens (tertiary/aromatic N) is 1. The molecule has 1 aromatic carbocycles. The Balaban J connectivity index is 1.66. The van der Waals surface area contributed by atoms with E-state index in [0.717, 1.165) is 18.7 Å². The minimum atomic E-state index is -0.186. The number of halogens is 2. The second-order valence-corrected chi connectivity index (χ2v) is 8.79. The lowest BCUT2D eigenvalue weighted by molar-refractivity contribution is 0.0951. The van der Waals surface area contributed by atoms with Crippen LogP contribution in [0.5, 0.6) is 0 Å². The van der Waals surface area contributed by atoms with Crippen LogP contribution in [0.3, 0.4) is 0 Å². The normalized spacial score (nSPS) is 18.3. The van der Waals surface area contributed by atoms with Crippen molar-refractivity contribution >= 4 is 40.4 Å². The van der Waals surface area contributed by atoms with Crippen LogP contribution in [0.25, 0.3) is 0 Å². The van der Waals surface area contributed by atoms with Crippen molar-refractivity contribution in [3.05, 3.63) is 55.7 Å². The average molecular weight is 397 g/mol. The summed E-state index contributed by atoms with van der Waals surface area (Å²) in [5.74, 6) is -0.186. The number of piperidine rings is 1. The zero-order valence-corrected chi connectivity index (χ0v) is 16.6. The van der Waals surface area contributed by atoms with E-state index in [1.807, 2.05) is 6.07 Å². The van der Waals surface area contributed by atoms with Crippen LogP contribution in [-0.4, -0.2) is 23.4 Å². The Morgan fingerprint density at radius 3 is 2.72 bits per heavy atom. The molecular weight excluding hydrogens is 375 g/mol. The molecular formula is C19H22Cl2N2OS. The summed E-state index contributed by atoms with van der Waals surface area (Å²) in [5, 5.41) is 2.96. The van der Waals surface area contributed by atoms with Crippen molar-refractivity contribution in [2.45, 2.75) is 45.3 Å². The molecule has 0 saturated carbocycles. The predicted molar refractivity (Wildman–Crippen MR) is 106 cm³/mol. The molecule has 25 heavy (non-hydrogen) atoms. The number of nitrogens with one attached hydrogen (secondary N) is 1. The number of amides is 1. The molecule has 1 aliphatic heterocycles. The van der Waals surface area contributed by atoms with Crippen molar-refractivity contribution in [3.63, 3.8) is 0 Å². The minimum absolute atomic E-state index is 0.186. The van der Waals surface area contributed by atoms with Gasteiger partial charge in [-0.1, -0.05) is 53.9 Å². The molecule has 1 fully saturated rings. The molecule has 0 bridgehead atoms. The van der Waals surface area contributed by atoms with E-state index in [4.69, 9.17) is 23.2 Å². The van der Waals surface area contributed by atoms with Crippen molar-refractivity contribution in [2.24, 2.45) is 0 Å². The summed E-state index contributed by atoms with van der Waals surface area (Å²) >= 11 is 13.2. The lowest BCUT2D eigenvalue weighted by Gasteiger charge is -2.33. The molecule has 1 aliphatic rings.